The molecule has 0 saturated heterocycles. The molecule has 0 amide bonds. The van der Waals surface area contributed by atoms with Crippen molar-refractivity contribution in [3.8, 4) is 0 Å². The molecule has 1 nitrogen and oxygen atoms in total. The summed E-state index contributed by atoms with van der Waals surface area (Å²) in [5.41, 5.74) is 2.23. The molecule has 78 valence electrons. The Morgan fingerprint density at radius 2 is 2.13 bits per heavy atom. The molecule has 0 atom stereocenters. The van der Waals surface area contributed by atoms with Crippen molar-refractivity contribution in [1.29, 1.82) is 0 Å². The molecule has 0 unspecified atom stereocenters. The summed E-state index contributed by atoms with van der Waals surface area (Å²) in [7, 11) is 0. The third-order valence-electron chi connectivity index (χ3n) is 1.98. The van der Waals surface area contributed by atoms with Crippen molar-refractivity contribution in [2.24, 2.45) is 0 Å². The number of anilines is 1. The van der Waals surface area contributed by atoms with Crippen molar-refractivity contribution in [2.75, 3.05) is 5.32 Å². The van der Waals surface area contributed by atoms with Gasteiger partial charge in [-0.05, 0) is 45.1 Å². The molecule has 15 heavy (non-hydrogen) atoms. The fourth-order valence-corrected chi connectivity index (χ4v) is 2.65. The highest BCUT2D eigenvalue weighted by molar-refractivity contribution is 9.11. The van der Waals surface area contributed by atoms with Crippen LogP contribution in [0.1, 0.15) is 5.56 Å². The van der Waals surface area contributed by atoms with E-state index >= 15 is 0 Å². The minimum absolute atomic E-state index is 0.756. The number of nitrogens with one attached hydrogen (secondary N) is 1. The summed E-state index contributed by atoms with van der Waals surface area (Å²) < 4.78 is 1.15. The second kappa shape index (κ2) is 5.01. The zero-order valence-electron chi connectivity index (χ0n) is 7.84. The number of hydrogen-bond acceptors (Lipinski definition) is 2. The summed E-state index contributed by atoms with van der Waals surface area (Å²) in [5.74, 6) is 0. The molecule has 0 fully saturated rings. The van der Waals surface area contributed by atoms with Gasteiger partial charge in [-0.15, -0.1) is 11.3 Å². The van der Waals surface area contributed by atoms with Crippen LogP contribution in [0.4, 0.5) is 5.69 Å². The number of rotatable bonds is 3. The van der Waals surface area contributed by atoms with Gasteiger partial charge in [0.15, 0.2) is 0 Å². The lowest BCUT2D eigenvalue weighted by Gasteiger charge is -2.06. The fraction of sp³-hybridized carbons (Fsp3) is 0.0909. The molecule has 1 aromatic carbocycles. The monoisotopic (exact) mass is 301 g/mol. The highest BCUT2D eigenvalue weighted by atomic mass is 79.9. The molecule has 2 aromatic rings. The van der Waals surface area contributed by atoms with Crippen molar-refractivity contribution in [3.63, 3.8) is 0 Å². The van der Waals surface area contributed by atoms with Crippen molar-refractivity contribution in [1.82, 2.24) is 0 Å². The molecule has 0 saturated carbocycles. The van der Waals surface area contributed by atoms with Crippen molar-refractivity contribution in [2.45, 2.75) is 6.54 Å². The van der Waals surface area contributed by atoms with Gasteiger partial charge in [-0.3, -0.25) is 0 Å². The second-order valence-electron chi connectivity index (χ2n) is 3.09. The van der Waals surface area contributed by atoms with Crippen LogP contribution in [0.3, 0.4) is 0 Å². The molecule has 0 aliphatic carbocycles. The van der Waals surface area contributed by atoms with Gasteiger partial charge in [0, 0.05) is 6.54 Å². The Kier molecular flexibility index (Phi) is 3.67. The predicted molar refractivity (Wildman–Crippen MR) is 70.8 cm³/mol. The van der Waals surface area contributed by atoms with Crippen molar-refractivity contribution < 1.29 is 0 Å². The zero-order chi connectivity index (χ0) is 10.7. The summed E-state index contributed by atoms with van der Waals surface area (Å²) in [6.45, 7) is 0.797. The summed E-state index contributed by atoms with van der Waals surface area (Å²) in [6.07, 6.45) is 0. The smallest absolute Gasteiger partial charge is 0.0701 e. The predicted octanol–water partition coefficient (Wildman–Crippen LogP) is 4.78. The summed E-state index contributed by atoms with van der Waals surface area (Å²) in [4.78, 5) is 0. The van der Waals surface area contributed by atoms with Crippen LogP contribution in [0, 0.1) is 0 Å². The standard InChI is InChI=1S/C11H9BrClNS/c12-11-5-8(7-15-11)6-14-10-4-2-1-3-9(10)13/h1-5,7,14H,6H2. The summed E-state index contributed by atoms with van der Waals surface area (Å²) >= 11 is 11.2. The Labute approximate surface area is 106 Å². The Hall–Kier alpha value is -0.510. The maximum Gasteiger partial charge on any atom is 0.0701 e. The van der Waals surface area contributed by atoms with Gasteiger partial charge in [0.05, 0.1) is 14.5 Å². The van der Waals surface area contributed by atoms with E-state index in [9.17, 15) is 0 Å². The molecule has 0 bridgehead atoms. The van der Waals surface area contributed by atoms with E-state index in [4.69, 9.17) is 11.6 Å². The molecule has 0 radical (unpaired) electrons. The molecule has 4 heteroatoms. The van der Waals surface area contributed by atoms with Crippen LogP contribution in [0.15, 0.2) is 39.5 Å². The lowest BCUT2D eigenvalue weighted by atomic mass is 10.3. The van der Waals surface area contributed by atoms with Gasteiger partial charge in [0.1, 0.15) is 0 Å². The average molecular weight is 303 g/mol. The van der Waals surface area contributed by atoms with Crippen LogP contribution in [0.5, 0.6) is 0 Å². The highest BCUT2D eigenvalue weighted by Gasteiger charge is 1.99. The van der Waals surface area contributed by atoms with Crippen LogP contribution in [0.2, 0.25) is 5.02 Å². The molecular weight excluding hydrogens is 294 g/mol. The van der Waals surface area contributed by atoms with E-state index in [2.05, 4.69) is 32.7 Å². The first-order valence-corrected chi connectivity index (χ1v) is 6.52. The first kappa shape index (κ1) is 11.0. The van der Waals surface area contributed by atoms with E-state index in [1.165, 1.54) is 5.56 Å². The molecular formula is C11H9BrClNS. The van der Waals surface area contributed by atoms with Gasteiger partial charge in [-0.1, -0.05) is 23.7 Å². The van der Waals surface area contributed by atoms with Gasteiger partial charge in [0.2, 0.25) is 0 Å². The number of hydrogen-bond donors (Lipinski definition) is 1. The highest BCUT2D eigenvalue weighted by Crippen LogP contribution is 2.24. The van der Waals surface area contributed by atoms with E-state index < -0.39 is 0 Å². The van der Waals surface area contributed by atoms with E-state index in [0.29, 0.717) is 0 Å². The molecule has 1 heterocycles. The topological polar surface area (TPSA) is 12.0 Å². The third-order valence-corrected chi connectivity index (χ3v) is 3.86. The van der Waals surface area contributed by atoms with E-state index in [1.807, 2.05) is 24.3 Å². The maximum atomic E-state index is 6.03. The largest absolute Gasteiger partial charge is 0.380 e. The van der Waals surface area contributed by atoms with E-state index in [0.717, 1.165) is 21.0 Å². The minimum atomic E-state index is 0.756. The van der Waals surface area contributed by atoms with Gasteiger partial charge >= 0.3 is 0 Å². The quantitative estimate of drug-likeness (QED) is 0.860. The summed E-state index contributed by atoms with van der Waals surface area (Å²) in [5, 5.41) is 6.17. The van der Waals surface area contributed by atoms with Gasteiger partial charge < -0.3 is 5.32 Å². The van der Waals surface area contributed by atoms with E-state index in [-0.39, 0.29) is 0 Å². The molecule has 1 N–H and O–H groups in total. The zero-order valence-corrected chi connectivity index (χ0v) is 11.0. The molecule has 1 aromatic heterocycles. The number of thiophene rings is 1. The first-order valence-electron chi connectivity index (χ1n) is 4.47. The Morgan fingerprint density at radius 1 is 1.33 bits per heavy atom. The van der Waals surface area contributed by atoms with Crippen LogP contribution >= 0.6 is 38.9 Å². The van der Waals surface area contributed by atoms with Crippen molar-refractivity contribution >= 4 is 44.6 Å². The van der Waals surface area contributed by atoms with Gasteiger partial charge in [-0.25, -0.2) is 0 Å². The Balaban J connectivity index is 2.02. The Morgan fingerprint density at radius 3 is 2.80 bits per heavy atom. The lowest BCUT2D eigenvalue weighted by Crippen LogP contribution is -1.98. The van der Waals surface area contributed by atoms with Gasteiger partial charge in [0.25, 0.3) is 0 Å². The van der Waals surface area contributed by atoms with Gasteiger partial charge in [-0.2, -0.15) is 0 Å². The van der Waals surface area contributed by atoms with Crippen molar-refractivity contribution in [3.05, 3.63) is 50.1 Å². The SMILES string of the molecule is Clc1ccccc1NCc1csc(Br)c1. The lowest BCUT2D eigenvalue weighted by molar-refractivity contribution is 1.16. The van der Waals surface area contributed by atoms with Crippen LogP contribution in [-0.4, -0.2) is 0 Å². The van der Waals surface area contributed by atoms with E-state index in [1.54, 1.807) is 11.3 Å². The van der Waals surface area contributed by atoms with Crippen LogP contribution in [0.25, 0.3) is 0 Å². The molecule has 0 aliphatic heterocycles. The normalized spacial score (nSPS) is 10.3. The first-order chi connectivity index (χ1) is 7.25. The Bertz CT molecular complexity index is 455. The average Bonchev–Trinajstić information content (AvgIpc) is 2.63. The summed E-state index contributed by atoms with van der Waals surface area (Å²) in [6, 6.07) is 9.86. The second-order valence-corrected chi connectivity index (χ2v) is 5.79. The number of para-hydroxylation sites is 1. The molecule has 0 spiro atoms. The number of halogens is 2. The fourth-order valence-electron chi connectivity index (χ4n) is 1.24. The third kappa shape index (κ3) is 2.97. The minimum Gasteiger partial charge on any atom is -0.380 e. The maximum absolute atomic E-state index is 6.03. The van der Waals surface area contributed by atoms with Crippen LogP contribution in [-0.2, 0) is 6.54 Å². The number of benzene rings is 1. The molecule has 2 rings (SSSR count). The van der Waals surface area contributed by atoms with Crippen LogP contribution < -0.4 is 5.32 Å². The molecule has 0 aliphatic rings.